The molecule has 6 rings (SSSR count). The van der Waals surface area contributed by atoms with Gasteiger partial charge in [-0.2, -0.15) is 10.1 Å². The highest BCUT2D eigenvalue weighted by molar-refractivity contribution is 6.33. The number of benzene rings is 1. The number of nitrogens with zero attached hydrogens (tertiary/aromatic N) is 2. The van der Waals surface area contributed by atoms with Crippen LogP contribution in [-0.2, 0) is 14.3 Å². The van der Waals surface area contributed by atoms with Crippen molar-refractivity contribution < 1.29 is 23.5 Å². The molecule has 1 saturated heterocycles. The number of furan rings is 1. The first kappa shape index (κ1) is 20.7. The Kier molecular flexibility index (Phi) is 5.21. The molecule has 1 aromatic carbocycles. The zero-order valence-corrected chi connectivity index (χ0v) is 18.1. The molecule has 0 N–H and O–H groups in total. The Bertz CT molecular complexity index is 1130. The number of halogens is 1. The van der Waals surface area contributed by atoms with Crippen LogP contribution in [0.5, 0.6) is 0 Å². The van der Waals surface area contributed by atoms with E-state index in [4.69, 9.17) is 20.8 Å². The molecule has 0 spiro atoms. The lowest BCUT2D eigenvalue weighted by Gasteiger charge is -2.37. The Balaban J connectivity index is 1.35. The number of rotatable bonds is 5. The number of hydrogen-bond donors (Lipinski definition) is 0. The van der Waals surface area contributed by atoms with Crippen molar-refractivity contribution in [1.29, 1.82) is 0 Å². The van der Waals surface area contributed by atoms with E-state index in [1.807, 2.05) is 0 Å². The number of amides is 2. The van der Waals surface area contributed by atoms with E-state index in [0.29, 0.717) is 17.1 Å². The highest BCUT2D eigenvalue weighted by atomic mass is 35.5. The van der Waals surface area contributed by atoms with Crippen LogP contribution < -0.4 is 0 Å². The van der Waals surface area contributed by atoms with Gasteiger partial charge in [0.25, 0.3) is 11.8 Å². The summed E-state index contributed by atoms with van der Waals surface area (Å²) < 4.78 is 10.8. The average molecular weight is 453 g/mol. The van der Waals surface area contributed by atoms with Crippen molar-refractivity contribution in [1.82, 2.24) is 5.01 Å². The minimum atomic E-state index is -0.510. The van der Waals surface area contributed by atoms with Crippen molar-refractivity contribution in [3.63, 3.8) is 0 Å². The molecule has 164 valence electrons. The summed E-state index contributed by atoms with van der Waals surface area (Å²) in [6.45, 7) is 1.97. The summed E-state index contributed by atoms with van der Waals surface area (Å²) in [6.07, 6.45) is 7.39. The number of fused-ring (bicyclic) bond motifs is 1. The Morgan fingerprint density at radius 1 is 1.16 bits per heavy atom. The minimum Gasteiger partial charge on any atom is -0.462 e. The maximum atomic E-state index is 12.8. The maximum absolute atomic E-state index is 12.8. The Hall–Kier alpha value is -3.19. The predicted molar refractivity (Wildman–Crippen MR) is 117 cm³/mol. The van der Waals surface area contributed by atoms with E-state index in [-0.39, 0.29) is 52.7 Å². The third kappa shape index (κ3) is 3.37. The van der Waals surface area contributed by atoms with Gasteiger partial charge in [0.15, 0.2) is 0 Å². The SMILES string of the molecule is CCOC(=O)c1cc(-c2ccc(/C=N\N3C(=O)[C@@H]4[C@H](C3=O)[C@@H]3C=C[C@@H]4CC3)o2)ccc1Cl. The monoisotopic (exact) mass is 452 g/mol. The van der Waals surface area contributed by atoms with Crippen LogP contribution in [0.2, 0.25) is 5.02 Å². The smallest absolute Gasteiger partial charge is 0.339 e. The summed E-state index contributed by atoms with van der Waals surface area (Å²) >= 11 is 6.12. The molecule has 0 unspecified atom stereocenters. The van der Waals surface area contributed by atoms with Crippen LogP contribution in [0.15, 0.2) is 52.0 Å². The molecule has 1 saturated carbocycles. The van der Waals surface area contributed by atoms with Gasteiger partial charge in [-0.15, -0.1) is 0 Å². The van der Waals surface area contributed by atoms with Gasteiger partial charge in [0.2, 0.25) is 0 Å². The van der Waals surface area contributed by atoms with Crippen LogP contribution in [-0.4, -0.2) is 35.6 Å². The van der Waals surface area contributed by atoms with Crippen molar-refractivity contribution in [3.05, 3.63) is 58.8 Å². The Morgan fingerprint density at radius 2 is 1.84 bits per heavy atom. The van der Waals surface area contributed by atoms with E-state index < -0.39 is 5.97 Å². The van der Waals surface area contributed by atoms with Gasteiger partial charge < -0.3 is 9.15 Å². The summed E-state index contributed by atoms with van der Waals surface area (Å²) in [6, 6.07) is 8.33. The standard InChI is InChI=1S/C24H21ClN2O5/c1-2-31-24(30)17-11-15(7-9-18(17)25)19-10-8-16(32-19)12-26-27-22(28)20-13-3-4-14(6-5-13)21(20)23(27)29/h3-4,7-14,20-21H,2,5-6H2,1H3/b26-12-/t13-,14-,20-,21+/m1/s1. The second kappa shape index (κ2) is 8.06. The van der Waals surface area contributed by atoms with Gasteiger partial charge in [-0.05, 0) is 61.9 Å². The molecule has 8 heteroatoms. The molecule has 2 bridgehead atoms. The topological polar surface area (TPSA) is 89.2 Å². The fraction of sp³-hybridized carbons (Fsp3) is 0.333. The lowest BCUT2D eigenvalue weighted by atomic mass is 9.63. The van der Waals surface area contributed by atoms with Crippen LogP contribution >= 0.6 is 11.6 Å². The van der Waals surface area contributed by atoms with Gasteiger partial charge in [0, 0.05) is 5.56 Å². The van der Waals surface area contributed by atoms with Crippen LogP contribution in [0.4, 0.5) is 0 Å². The molecule has 2 amide bonds. The Morgan fingerprint density at radius 3 is 2.47 bits per heavy atom. The summed E-state index contributed by atoms with van der Waals surface area (Å²) in [5, 5.41) is 5.45. The van der Waals surface area contributed by atoms with E-state index in [1.54, 1.807) is 37.3 Å². The third-order valence-corrected chi connectivity index (χ3v) is 6.74. The van der Waals surface area contributed by atoms with Gasteiger partial charge in [0.05, 0.1) is 35.2 Å². The fourth-order valence-electron chi connectivity index (χ4n) is 4.91. The van der Waals surface area contributed by atoms with Crippen molar-refractivity contribution in [2.75, 3.05) is 6.61 Å². The number of esters is 1. The number of allylic oxidation sites excluding steroid dienone is 2. The van der Waals surface area contributed by atoms with Gasteiger partial charge >= 0.3 is 5.97 Å². The highest BCUT2D eigenvalue weighted by Gasteiger charge is 2.56. The zero-order chi connectivity index (χ0) is 22.4. The molecule has 0 radical (unpaired) electrons. The first-order chi connectivity index (χ1) is 15.5. The van der Waals surface area contributed by atoms with Crippen molar-refractivity contribution in [2.45, 2.75) is 19.8 Å². The molecule has 1 aromatic heterocycles. The summed E-state index contributed by atoms with van der Waals surface area (Å²) in [5.74, 6) is -0.475. The molecule has 2 aromatic rings. The first-order valence-electron chi connectivity index (χ1n) is 10.6. The normalized spacial score (nSPS) is 26.2. The van der Waals surface area contributed by atoms with Crippen molar-refractivity contribution in [3.8, 4) is 11.3 Å². The van der Waals surface area contributed by atoms with Gasteiger partial charge in [-0.3, -0.25) is 9.59 Å². The molecule has 4 aliphatic rings. The molecule has 32 heavy (non-hydrogen) atoms. The van der Waals surface area contributed by atoms with Crippen LogP contribution in [0, 0.1) is 23.7 Å². The molecular weight excluding hydrogens is 432 g/mol. The van der Waals surface area contributed by atoms with Gasteiger partial charge in [-0.25, -0.2) is 4.79 Å². The van der Waals surface area contributed by atoms with E-state index in [0.717, 1.165) is 17.9 Å². The number of imide groups is 1. The lowest BCUT2D eigenvalue weighted by molar-refractivity contribution is -0.140. The zero-order valence-electron chi connectivity index (χ0n) is 17.4. The second-order valence-corrected chi connectivity index (χ2v) is 8.60. The Labute approximate surface area is 189 Å². The van der Waals surface area contributed by atoms with Crippen LogP contribution in [0.3, 0.4) is 0 Å². The molecule has 4 atom stereocenters. The van der Waals surface area contributed by atoms with Gasteiger partial charge in [0.1, 0.15) is 11.5 Å². The van der Waals surface area contributed by atoms with Gasteiger partial charge in [-0.1, -0.05) is 23.8 Å². The van der Waals surface area contributed by atoms with E-state index >= 15 is 0 Å². The summed E-state index contributed by atoms with van der Waals surface area (Å²) in [4.78, 5) is 37.8. The van der Waals surface area contributed by atoms with Crippen molar-refractivity contribution in [2.24, 2.45) is 28.8 Å². The first-order valence-corrected chi connectivity index (χ1v) is 11.0. The predicted octanol–water partition coefficient (Wildman–Crippen LogP) is 4.31. The van der Waals surface area contributed by atoms with Crippen molar-refractivity contribution >= 4 is 35.6 Å². The maximum Gasteiger partial charge on any atom is 0.339 e. The molecule has 2 heterocycles. The van der Waals surface area contributed by atoms with E-state index in [1.165, 1.54) is 6.21 Å². The number of hydrogen-bond acceptors (Lipinski definition) is 6. The lowest BCUT2D eigenvalue weighted by Crippen LogP contribution is -2.38. The minimum absolute atomic E-state index is 0.121. The number of carbonyl (C=O) groups excluding carboxylic acids is 3. The molecule has 7 nitrogen and oxygen atoms in total. The molecule has 1 aliphatic heterocycles. The second-order valence-electron chi connectivity index (χ2n) is 8.19. The summed E-state index contributed by atoms with van der Waals surface area (Å²) in [7, 11) is 0. The van der Waals surface area contributed by atoms with Crippen LogP contribution in [0.1, 0.15) is 35.9 Å². The van der Waals surface area contributed by atoms with E-state index in [9.17, 15) is 14.4 Å². The summed E-state index contributed by atoms with van der Waals surface area (Å²) in [5.41, 5.74) is 0.885. The number of hydrazone groups is 1. The number of carbonyl (C=O) groups is 3. The average Bonchev–Trinajstić information content (AvgIpc) is 3.38. The highest BCUT2D eigenvalue weighted by Crippen LogP contribution is 2.49. The van der Waals surface area contributed by atoms with Crippen LogP contribution in [0.25, 0.3) is 11.3 Å². The fourth-order valence-corrected chi connectivity index (χ4v) is 5.10. The molecule has 2 fully saturated rings. The van der Waals surface area contributed by atoms with E-state index in [2.05, 4.69) is 17.3 Å². The third-order valence-electron chi connectivity index (χ3n) is 6.41. The molecule has 3 aliphatic carbocycles. The largest absolute Gasteiger partial charge is 0.462 e. The molecular formula is C24H21ClN2O5. The number of ether oxygens (including phenoxy) is 1. The quantitative estimate of drug-likeness (QED) is 0.292.